The second kappa shape index (κ2) is 9.73. The molecule has 0 radical (unpaired) electrons. The Morgan fingerprint density at radius 3 is 2.53 bits per heavy atom. The first kappa shape index (κ1) is 21.8. The zero-order chi connectivity index (χ0) is 21.7. The highest BCUT2D eigenvalue weighted by Gasteiger charge is 2.18. The van der Waals surface area contributed by atoms with Crippen molar-refractivity contribution in [2.45, 2.75) is 19.9 Å². The number of rotatable bonds is 8. The minimum Gasteiger partial charge on any atom is -0.419 e. The highest BCUT2D eigenvalue weighted by molar-refractivity contribution is 6.30. The number of amides is 1. The van der Waals surface area contributed by atoms with E-state index in [1.54, 1.807) is 29.2 Å². The molecule has 0 spiro atoms. The first-order valence-electron chi connectivity index (χ1n) is 9.11. The van der Waals surface area contributed by atoms with Gasteiger partial charge in [-0.05, 0) is 49.4 Å². The van der Waals surface area contributed by atoms with Crippen molar-refractivity contribution in [2.24, 2.45) is 0 Å². The smallest absolute Gasteiger partial charge is 0.247 e. The molecule has 0 bridgehead atoms. The van der Waals surface area contributed by atoms with E-state index in [-0.39, 0.29) is 13.1 Å². The monoisotopic (exact) mass is 438 g/mol. The average Bonchev–Trinajstić information content (AvgIpc) is 3.17. The molecule has 0 aliphatic carbocycles. The SMILES string of the molecule is CCCN(CC(=O)Nc1ccc(F)c(F)c1F)Cc1nnc(-c2ccc(Cl)cc2)o1. The fraction of sp³-hybridized carbons (Fsp3) is 0.250. The largest absolute Gasteiger partial charge is 0.419 e. The molecule has 3 rings (SSSR count). The van der Waals surface area contributed by atoms with Crippen LogP contribution in [0, 0.1) is 17.5 Å². The first-order chi connectivity index (χ1) is 14.4. The van der Waals surface area contributed by atoms with E-state index in [2.05, 4.69) is 15.5 Å². The van der Waals surface area contributed by atoms with Gasteiger partial charge >= 0.3 is 0 Å². The normalized spacial score (nSPS) is 11.1. The molecule has 0 aliphatic heterocycles. The molecule has 2 aromatic carbocycles. The van der Waals surface area contributed by atoms with Gasteiger partial charge in [-0.25, -0.2) is 13.2 Å². The number of benzene rings is 2. The molecule has 0 fully saturated rings. The number of halogens is 4. The maximum absolute atomic E-state index is 13.8. The van der Waals surface area contributed by atoms with Crippen LogP contribution >= 0.6 is 11.6 Å². The number of anilines is 1. The fourth-order valence-electron chi connectivity index (χ4n) is 2.76. The highest BCUT2D eigenvalue weighted by atomic mass is 35.5. The Morgan fingerprint density at radius 2 is 1.83 bits per heavy atom. The Kier molecular flexibility index (Phi) is 7.07. The molecular weight excluding hydrogens is 421 g/mol. The maximum Gasteiger partial charge on any atom is 0.247 e. The van der Waals surface area contributed by atoms with Gasteiger partial charge in [0.15, 0.2) is 17.5 Å². The van der Waals surface area contributed by atoms with Gasteiger partial charge in [0.05, 0.1) is 18.8 Å². The minimum atomic E-state index is -1.64. The lowest BCUT2D eigenvalue weighted by molar-refractivity contribution is -0.117. The van der Waals surface area contributed by atoms with Crippen molar-refractivity contribution in [1.82, 2.24) is 15.1 Å². The Bertz CT molecular complexity index is 1030. The number of hydrogen-bond acceptors (Lipinski definition) is 5. The Labute approximate surface area is 175 Å². The van der Waals surface area contributed by atoms with Gasteiger partial charge in [-0.15, -0.1) is 10.2 Å². The lowest BCUT2D eigenvalue weighted by atomic mass is 10.2. The van der Waals surface area contributed by atoms with E-state index in [1.807, 2.05) is 6.92 Å². The molecule has 0 aliphatic rings. The summed E-state index contributed by atoms with van der Waals surface area (Å²) in [6.45, 7) is 2.49. The lowest BCUT2D eigenvalue weighted by Crippen LogP contribution is -2.33. The summed E-state index contributed by atoms with van der Waals surface area (Å²) in [4.78, 5) is 14.0. The van der Waals surface area contributed by atoms with E-state index < -0.39 is 29.0 Å². The van der Waals surface area contributed by atoms with Crippen LogP contribution in [0.4, 0.5) is 18.9 Å². The van der Waals surface area contributed by atoms with Crippen molar-refractivity contribution in [3.63, 3.8) is 0 Å². The number of nitrogens with one attached hydrogen (secondary N) is 1. The summed E-state index contributed by atoms with van der Waals surface area (Å²) >= 11 is 5.87. The molecule has 1 heterocycles. The molecule has 0 saturated carbocycles. The van der Waals surface area contributed by atoms with Gasteiger partial charge in [0.2, 0.25) is 17.7 Å². The van der Waals surface area contributed by atoms with Crippen molar-refractivity contribution < 1.29 is 22.4 Å². The fourth-order valence-corrected chi connectivity index (χ4v) is 2.89. The van der Waals surface area contributed by atoms with E-state index in [0.717, 1.165) is 18.6 Å². The molecule has 6 nitrogen and oxygen atoms in total. The number of nitrogens with zero attached hydrogens (tertiary/aromatic N) is 3. The number of carbonyl (C=O) groups excluding carboxylic acids is 1. The standard InChI is InChI=1S/C20H18ClF3N4O2/c1-2-9-28(10-16(29)25-15-8-7-14(22)18(23)19(15)24)11-17-26-27-20(30-17)12-3-5-13(21)6-4-12/h3-8H,2,9-11H2,1H3,(H,25,29). The number of carbonyl (C=O) groups is 1. The predicted octanol–water partition coefficient (Wildman–Crippen LogP) is 4.66. The second-order valence-corrected chi connectivity index (χ2v) is 6.93. The lowest BCUT2D eigenvalue weighted by Gasteiger charge is -2.19. The van der Waals surface area contributed by atoms with E-state index in [0.29, 0.717) is 28.9 Å². The summed E-state index contributed by atoms with van der Waals surface area (Å²) in [5.41, 5.74) is 0.268. The number of aromatic nitrogens is 2. The van der Waals surface area contributed by atoms with Crippen molar-refractivity contribution in [3.05, 3.63) is 64.8 Å². The summed E-state index contributed by atoms with van der Waals surface area (Å²) in [6, 6.07) is 8.60. The Balaban J connectivity index is 1.65. The van der Waals surface area contributed by atoms with E-state index >= 15 is 0 Å². The van der Waals surface area contributed by atoms with Crippen molar-refractivity contribution in [2.75, 3.05) is 18.4 Å². The van der Waals surface area contributed by atoms with Crippen LogP contribution in [-0.2, 0) is 11.3 Å². The minimum absolute atomic E-state index is 0.134. The van der Waals surface area contributed by atoms with Crippen LogP contribution in [-0.4, -0.2) is 34.1 Å². The molecule has 0 saturated heterocycles. The maximum atomic E-state index is 13.8. The van der Waals surface area contributed by atoms with Gasteiger partial charge in [-0.3, -0.25) is 9.69 Å². The van der Waals surface area contributed by atoms with Gasteiger partial charge in [-0.1, -0.05) is 18.5 Å². The van der Waals surface area contributed by atoms with Crippen molar-refractivity contribution in [3.8, 4) is 11.5 Å². The zero-order valence-electron chi connectivity index (χ0n) is 16.0. The molecule has 3 aromatic rings. The molecular formula is C20H18ClF3N4O2. The third kappa shape index (κ3) is 5.37. The number of hydrogen-bond donors (Lipinski definition) is 1. The van der Waals surface area contributed by atoms with Crippen LogP contribution in [0.1, 0.15) is 19.2 Å². The molecule has 1 N–H and O–H groups in total. The van der Waals surface area contributed by atoms with Gasteiger partial charge in [-0.2, -0.15) is 0 Å². The topological polar surface area (TPSA) is 71.3 Å². The molecule has 1 aromatic heterocycles. The van der Waals surface area contributed by atoms with E-state index in [4.69, 9.17) is 16.0 Å². The van der Waals surface area contributed by atoms with Crippen LogP contribution < -0.4 is 5.32 Å². The van der Waals surface area contributed by atoms with Crippen LogP contribution in [0.2, 0.25) is 5.02 Å². The molecule has 10 heteroatoms. The summed E-state index contributed by atoms with van der Waals surface area (Å²) in [6.07, 6.45) is 0.727. The second-order valence-electron chi connectivity index (χ2n) is 6.49. The van der Waals surface area contributed by atoms with E-state index in [9.17, 15) is 18.0 Å². The third-order valence-electron chi connectivity index (χ3n) is 4.13. The molecule has 158 valence electrons. The van der Waals surface area contributed by atoms with Gasteiger partial charge in [0.1, 0.15) is 0 Å². The summed E-state index contributed by atoms with van der Waals surface area (Å²) in [7, 11) is 0. The summed E-state index contributed by atoms with van der Waals surface area (Å²) in [5.74, 6) is -4.41. The molecule has 30 heavy (non-hydrogen) atoms. The Morgan fingerprint density at radius 1 is 1.10 bits per heavy atom. The van der Waals surface area contributed by atoms with E-state index in [1.165, 1.54) is 0 Å². The molecule has 1 amide bonds. The highest BCUT2D eigenvalue weighted by Crippen LogP contribution is 2.21. The quantitative estimate of drug-likeness (QED) is 0.518. The predicted molar refractivity (Wildman–Crippen MR) is 105 cm³/mol. The van der Waals surface area contributed by atoms with Crippen molar-refractivity contribution >= 4 is 23.2 Å². The summed E-state index contributed by atoms with van der Waals surface area (Å²) in [5, 5.41) is 10.8. The van der Waals surface area contributed by atoms with Crippen LogP contribution in [0.3, 0.4) is 0 Å². The van der Waals surface area contributed by atoms with Crippen LogP contribution in [0.25, 0.3) is 11.5 Å². The third-order valence-corrected chi connectivity index (χ3v) is 4.39. The molecule has 0 unspecified atom stereocenters. The van der Waals surface area contributed by atoms with Gasteiger partial charge in [0, 0.05) is 10.6 Å². The molecule has 0 atom stereocenters. The average molecular weight is 439 g/mol. The van der Waals surface area contributed by atoms with Crippen LogP contribution in [0.15, 0.2) is 40.8 Å². The van der Waals surface area contributed by atoms with Crippen molar-refractivity contribution in [1.29, 1.82) is 0 Å². The van der Waals surface area contributed by atoms with Gasteiger partial charge < -0.3 is 9.73 Å². The summed E-state index contributed by atoms with van der Waals surface area (Å²) < 4.78 is 45.8. The first-order valence-corrected chi connectivity index (χ1v) is 9.49. The zero-order valence-corrected chi connectivity index (χ0v) is 16.7. The van der Waals surface area contributed by atoms with Crippen LogP contribution in [0.5, 0.6) is 0 Å². The van der Waals surface area contributed by atoms with Gasteiger partial charge in [0.25, 0.3) is 0 Å². The Hall–Kier alpha value is -2.91.